The molecule has 0 bridgehead atoms. The Morgan fingerprint density at radius 2 is 1.74 bits per heavy atom. The Morgan fingerprint density at radius 1 is 1.00 bits per heavy atom. The van der Waals surface area contributed by atoms with Crippen LogP contribution in [0.2, 0.25) is 0 Å². The molecule has 142 valence electrons. The van der Waals surface area contributed by atoms with E-state index >= 15 is 0 Å². The number of hydrogen-bond acceptors (Lipinski definition) is 4. The first kappa shape index (κ1) is 21.3. The van der Waals surface area contributed by atoms with Crippen molar-refractivity contribution < 1.29 is 14.3 Å². The van der Waals surface area contributed by atoms with E-state index in [1.54, 1.807) is 18.2 Å². The van der Waals surface area contributed by atoms with Crippen molar-refractivity contribution in [2.24, 2.45) is 0 Å². The van der Waals surface area contributed by atoms with Gasteiger partial charge in [-0.1, -0.05) is 37.9 Å². The van der Waals surface area contributed by atoms with Gasteiger partial charge in [-0.25, -0.2) is 0 Å². The standard InChI is InChI=1S/C18H17Br2N3O3S/c1-10-3-4-12(8-15(10)20)17(25)21-18(27)23-22-16(24)9-26-13-5-6-14(19)11(2)7-13/h3-8H,9H2,1-2H3,(H,22,24)(H2,21,23,25,27). The second-order valence-electron chi connectivity index (χ2n) is 5.62. The van der Waals surface area contributed by atoms with Gasteiger partial charge in [0.2, 0.25) is 0 Å². The van der Waals surface area contributed by atoms with Crippen LogP contribution < -0.4 is 20.9 Å². The molecule has 2 aromatic carbocycles. The highest BCUT2D eigenvalue weighted by atomic mass is 79.9. The van der Waals surface area contributed by atoms with Gasteiger partial charge >= 0.3 is 0 Å². The lowest BCUT2D eigenvalue weighted by atomic mass is 10.1. The Balaban J connectivity index is 1.77. The molecule has 6 nitrogen and oxygen atoms in total. The Morgan fingerprint density at radius 3 is 2.41 bits per heavy atom. The first-order valence-electron chi connectivity index (χ1n) is 7.81. The normalized spacial score (nSPS) is 10.1. The molecule has 0 aromatic heterocycles. The Labute approximate surface area is 179 Å². The highest BCUT2D eigenvalue weighted by Crippen LogP contribution is 2.21. The maximum atomic E-state index is 12.1. The summed E-state index contributed by atoms with van der Waals surface area (Å²) in [6.07, 6.45) is 0. The van der Waals surface area contributed by atoms with Crippen LogP contribution in [0.25, 0.3) is 0 Å². The Bertz CT molecular complexity index is 890. The topological polar surface area (TPSA) is 79.5 Å². The van der Waals surface area contributed by atoms with Gasteiger partial charge in [0.25, 0.3) is 11.8 Å². The number of rotatable bonds is 4. The molecule has 0 aliphatic rings. The van der Waals surface area contributed by atoms with Crippen LogP contribution in [-0.4, -0.2) is 23.5 Å². The molecule has 0 saturated heterocycles. The van der Waals surface area contributed by atoms with Crippen LogP contribution in [0.1, 0.15) is 21.5 Å². The van der Waals surface area contributed by atoms with Gasteiger partial charge in [-0.05, 0) is 67.5 Å². The van der Waals surface area contributed by atoms with Crippen molar-refractivity contribution in [3.05, 3.63) is 62.0 Å². The summed E-state index contributed by atoms with van der Waals surface area (Å²) < 4.78 is 7.18. The molecule has 3 N–H and O–H groups in total. The van der Waals surface area contributed by atoms with E-state index in [1.165, 1.54) is 0 Å². The number of ether oxygens (including phenoxy) is 1. The molecule has 9 heteroatoms. The van der Waals surface area contributed by atoms with Crippen LogP contribution in [0.3, 0.4) is 0 Å². The molecule has 0 spiro atoms. The number of halogens is 2. The fourth-order valence-electron chi connectivity index (χ4n) is 1.96. The highest BCUT2D eigenvalue weighted by molar-refractivity contribution is 9.10. The van der Waals surface area contributed by atoms with Crippen molar-refractivity contribution in [2.45, 2.75) is 13.8 Å². The SMILES string of the molecule is Cc1cc(OCC(=O)NNC(=S)NC(=O)c2ccc(C)c(Br)c2)ccc1Br. The van der Waals surface area contributed by atoms with Gasteiger partial charge in [0.05, 0.1) is 0 Å². The summed E-state index contributed by atoms with van der Waals surface area (Å²) in [6, 6.07) is 10.6. The zero-order valence-corrected chi connectivity index (χ0v) is 18.5. The lowest BCUT2D eigenvalue weighted by Crippen LogP contribution is -2.49. The van der Waals surface area contributed by atoms with Gasteiger partial charge < -0.3 is 4.74 Å². The van der Waals surface area contributed by atoms with Crippen LogP contribution in [0.4, 0.5) is 0 Å². The molecule has 2 amide bonds. The summed E-state index contributed by atoms with van der Waals surface area (Å²) in [5.41, 5.74) is 7.29. The number of aryl methyl sites for hydroxylation is 2. The summed E-state index contributed by atoms with van der Waals surface area (Å²) in [5.74, 6) is -0.249. The quantitative estimate of drug-likeness (QED) is 0.429. The fourth-order valence-corrected chi connectivity index (χ4v) is 2.73. The van der Waals surface area contributed by atoms with Crippen LogP contribution in [0.15, 0.2) is 45.3 Å². The summed E-state index contributed by atoms with van der Waals surface area (Å²) in [5, 5.41) is 2.46. The molecule has 0 aliphatic carbocycles. The Hall–Kier alpha value is -1.97. The van der Waals surface area contributed by atoms with Crippen LogP contribution in [0.5, 0.6) is 5.75 Å². The predicted molar refractivity (Wildman–Crippen MR) is 115 cm³/mol. The number of nitrogens with one attached hydrogen (secondary N) is 3. The molecular formula is C18H17Br2N3O3S. The number of carbonyl (C=O) groups excluding carboxylic acids is 2. The van der Waals surface area contributed by atoms with Crippen LogP contribution >= 0.6 is 44.1 Å². The molecular weight excluding hydrogens is 498 g/mol. The van der Waals surface area contributed by atoms with Crippen molar-refractivity contribution in [3.63, 3.8) is 0 Å². The molecule has 0 saturated carbocycles. The van der Waals surface area contributed by atoms with Crippen molar-refractivity contribution >= 4 is 61.0 Å². The van der Waals surface area contributed by atoms with E-state index in [0.717, 1.165) is 20.1 Å². The lowest BCUT2D eigenvalue weighted by molar-refractivity contribution is -0.123. The average Bonchev–Trinajstić information content (AvgIpc) is 2.63. The minimum absolute atomic E-state index is 0.0236. The van der Waals surface area contributed by atoms with Gasteiger partial charge in [-0.15, -0.1) is 0 Å². The summed E-state index contributed by atoms with van der Waals surface area (Å²) in [6.45, 7) is 3.65. The number of hydrazine groups is 1. The molecule has 2 rings (SSSR count). The van der Waals surface area contributed by atoms with E-state index in [9.17, 15) is 9.59 Å². The maximum absolute atomic E-state index is 12.1. The monoisotopic (exact) mass is 513 g/mol. The summed E-state index contributed by atoms with van der Waals surface area (Å²) >= 11 is 11.8. The van der Waals surface area contributed by atoms with E-state index in [-0.39, 0.29) is 17.6 Å². The number of thiocarbonyl (C=S) groups is 1. The zero-order valence-electron chi connectivity index (χ0n) is 14.6. The summed E-state index contributed by atoms with van der Waals surface area (Å²) in [7, 11) is 0. The fraction of sp³-hybridized carbons (Fsp3) is 0.167. The third kappa shape index (κ3) is 6.60. The van der Waals surface area contributed by atoms with Gasteiger partial charge in [0.1, 0.15) is 5.75 Å². The first-order valence-corrected chi connectivity index (χ1v) is 9.81. The molecule has 0 fully saturated rings. The molecule has 2 aromatic rings. The van der Waals surface area contributed by atoms with Crippen LogP contribution in [-0.2, 0) is 4.79 Å². The number of benzene rings is 2. The van der Waals surface area contributed by atoms with Crippen molar-refractivity contribution in [1.29, 1.82) is 0 Å². The first-order chi connectivity index (χ1) is 12.8. The van der Waals surface area contributed by atoms with Gasteiger partial charge in [0.15, 0.2) is 11.7 Å². The molecule has 0 unspecified atom stereocenters. The average molecular weight is 515 g/mol. The Kier molecular flexibility index (Phi) is 7.76. The minimum atomic E-state index is -0.440. The van der Waals surface area contributed by atoms with Crippen LogP contribution in [0, 0.1) is 13.8 Å². The third-order valence-corrected chi connectivity index (χ3v) is 5.42. The molecule has 27 heavy (non-hydrogen) atoms. The molecule has 0 atom stereocenters. The maximum Gasteiger partial charge on any atom is 0.276 e. The van der Waals surface area contributed by atoms with E-state index in [4.69, 9.17) is 17.0 Å². The van der Waals surface area contributed by atoms with Gasteiger partial charge in [0, 0.05) is 14.5 Å². The highest BCUT2D eigenvalue weighted by Gasteiger charge is 2.10. The van der Waals surface area contributed by atoms with E-state index in [0.29, 0.717) is 11.3 Å². The smallest absolute Gasteiger partial charge is 0.276 e. The van der Waals surface area contributed by atoms with E-state index < -0.39 is 5.91 Å². The third-order valence-electron chi connectivity index (χ3n) is 3.48. The van der Waals surface area contributed by atoms with Crippen molar-refractivity contribution in [3.8, 4) is 5.75 Å². The lowest BCUT2D eigenvalue weighted by Gasteiger charge is -2.12. The van der Waals surface area contributed by atoms with E-state index in [2.05, 4.69) is 48.0 Å². The molecule has 0 radical (unpaired) electrons. The number of hydrogen-bond donors (Lipinski definition) is 3. The second kappa shape index (κ2) is 9.82. The molecule has 0 heterocycles. The van der Waals surface area contributed by atoms with E-state index in [1.807, 2.05) is 32.0 Å². The van der Waals surface area contributed by atoms with Gasteiger partial charge in [-0.2, -0.15) is 0 Å². The van der Waals surface area contributed by atoms with Crippen molar-refractivity contribution in [2.75, 3.05) is 6.61 Å². The predicted octanol–water partition coefficient (Wildman–Crippen LogP) is 3.54. The minimum Gasteiger partial charge on any atom is -0.484 e. The number of amides is 2. The molecule has 0 aliphatic heterocycles. The summed E-state index contributed by atoms with van der Waals surface area (Å²) in [4.78, 5) is 24.0. The zero-order chi connectivity index (χ0) is 20.0. The van der Waals surface area contributed by atoms with Gasteiger partial charge in [-0.3, -0.25) is 25.8 Å². The largest absolute Gasteiger partial charge is 0.484 e. The second-order valence-corrected chi connectivity index (χ2v) is 7.74. The number of carbonyl (C=O) groups is 2. The van der Waals surface area contributed by atoms with Crippen molar-refractivity contribution in [1.82, 2.24) is 16.2 Å².